The molecule has 5 heteroatoms. The van der Waals surface area contributed by atoms with E-state index in [1.807, 2.05) is 19.1 Å². The van der Waals surface area contributed by atoms with Crippen molar-refractivity contribution < 1.29 is 9.18 Å². The molecule has 0 aromatic heterocycles. The number of carbonyl (C=O) groups is 1. The van der Waals surface area contributed by atoms with Crippen LogP contribution in [0.3, 0.4) is 0 Å². The fourth-order valence-corrected chi connectivity index (χ4v) is 1.93. The van der Waals surface area contributed by atoms with Crippen molar-refractivity contribution in [3.63, 3.8) is 0 Å². The Bertz CT molecular complexity index is 668. The number of amides is 1. The van der Waals surface area contributed by atoms with Crippen molar-refractivity contribution >= 4 is 23.2 Å². The van der Waals surface area contributed by atoms with Crippen LogP contribution < -0.4 is 5.43 Å². The fraction of sp³-hybridized carbons (Fsp3) is 0.125. The smallest absolute Gasteiger partial charge is 0.267 e. The zero-order valence-electron chi connectivity index (χ0n) is 11.4. The highest BCUT2D eigenvalue weighted by Crippen LogP contribution is 2.11. The predicted molar refractivity (Wildman–Crippen MR) is 82.1 cm³/mol. The summed E-state index contributed by atoms with van der Waals surface area (Å²) in [7, 11) is 0. The Hall–Kier alpha value is -2.20. The first-order chi connectivity index (χ1) is 10.1. The quantitative estimate of drug-likeness (QED) is 0.672. The summed E-state index contributed by atoms with van der Waals surface area (Å²) in [5, 5.41) is 4.74. The van der Waals surface area contributed by atoms with Gasteiger partial charge in [0.15, 0.2) is 0 Å². The molecule has 0 aliphatic heterocycles. The minimum atomic E-state index is -0.458. The fourth-order valence-electron chi connectivity index (χ4n) is 1.80. The van der Waals surface area contributed by atoms with Gasteiger partial charge in [-0.3, -0.25) is 4.79 Å². The molecule has 21 heavy (non-hydrogen) atoms. The van der Waals surface area contributed by atoms with Gasteiger partial charge in [0.25, 0.3) is 5.91 Å². The molecule has 1 N–H and O–H groups in total. The van der Waals surface area contributed by atoms with Crippen LogP contribution in [0.4, 0.5) is 4.39 Å². The average molecular weight is 305 g/mol. The number of hydrazone groups is 1. The third kappa shape index (κ3) is 4.13. The van der Waals surface area contributed by atoms with Crippen LogP contribution in [0, 0.1) is 5.82 Å². The van der Waals surface area contributed by atoms with Crippen LogP contribution in [0.1, 0.15) is 29.3 Å². The average Bonchev–Trinajstić information content (AvgIpc) is 2.49. The van der Waals surface area contributed by atoms with Gasteiger partial charge < -0.3 is 0 Å². The van der Waals surface area contributed by atoms with Crippen molar-refractivity contribution in [1.82, 2.24) is 5.43 Å². The summed E-state index contributed by atoms with van der Waals surface area (Å²) in [6, 6.07) is 12.6. The molecule has 0 radical (unpaired) electrons. The lowest BCUT2D eigenvalue weighted by Gasteiger charge is -2.05. The minimum absolute atomic E-state index is 0.227. The number of rotatable bonds is 4. The van der Waals surface area contributed by atoms with Crippen LogP contribution in [0.2, 0.25) is 5.02 Å². The molecule has 2 rings (SSSR count). The molecular weight excluding hydrogens is 291 g/mol. The van der Waals surface area contributed by atoms with Crippen molar-refractivity contribution in [3.8, 4) is 0 Å². The third-order valence-electron chi connectivity index (χ3n) is 2.89. The molecule has 0 saturated carbocycles. The first-order valence-electron chi connectivity index (χ1n) is 6.48. The lowest BCUT2D eigenvalue weighted by atomic mass is 10.1. The zero-order chi connectivity index (χ0) is 15.2. The second-order valence-corrected chi connectivity index (χ2v) is 4.81. The van der Waals surface area contributed by atoms with E-state index in [2.05, 4.69) is 10.5 Å². The third-order valence-corrected chi connectivity index (χ3v) is 3.14. The Kier molecular flexibility index (Phi) is 5.06. The molecule has 1 amide bonds. The second kappa shape index (κ2) is 6.99. The summed E-state index contributed by atoms with van der Waals surface area (Å²) in [4.78, 5) is 11.9. The molecule has 0 fully saturated rings. The van der Waals surface area contributed by atoms with E-state index in [1.54, 1.807) is 12.1 Å². The van der Waals surface area contributed by atoms with E-state index in [1.165, 1.54) is 24.3 Å². The standard InChI is InChI=1S/C16H14ClFN2O/c1-2-15(11-6-8-13(17)9-7-11)19-20-16(21)12-4-3-5-14(18)10-12/h3-10H,2H2,1H3,(H,20,21). The van der Waals surface area contributed by atoms with E-state index >= 15 is 0 Å². The van der Waals surface area contributed by atoms with Gasteiger partial charge in [-0.05, 0) is 42.3 Å². The highest BCUT2D eigenvalue weighted by molar-refractivity contribution is 6.30. The van der Waals surface area contributed by atoms with Gasteiger partial charge in [0.1, 0.15) is 5.82 Å². The maximum Gasteiger partial charge on any atom is 0.271 e. The number of halogens is 2. The van der Waals surface area contributed by atoms with Crippen LogP contribution in [-0.2, 0) is 0 Å². The van der Waals surface area contributed by atoms with Crippen LogP contribution in [0.25, 0.3) is 0 Å². The predicted octanol–water partition coefficient (Wildman–Crippen LogP) is 4.02. The molecule has 0 aliphatic rings. The highest BCUT2D eigenvalue weighted by Gasteiger charge is 2.07. The van der Waals surface area contributed by atoms with E-state index in [0.29, 0.717) is 11.4 Å². The largest absolute Gasteiger partial charge is 0.271 e. The number of benzene rings is 2. The van der Waals surface area contributed by atoms with E-state index in [0.717, 1.165) is 11.3 Å². The summed E-state index contributed by atoms with van der Waals surface area (Å²) < 4.78 is 13.1. The lowest BCUT2D eigenvalue weighted by Crippen LogP contribution is -2.20. The van der Waals surface area contributed by atoms with Gasteiger partial charge in [-0.25, -0.2) is 9.82 Å². The number of carbonyl (C=O) groups excluding carboxylic acids is 1. The molecule has 0 aliphatic carbocycles. The van der Waals surface area contributed by atoms with Crippen molar-refractivity contribution in [2.75, 3.05) is 0 Å². The summed E-state index contributed by atoms with van der Waals surface area (Å²) >= 11 is 5.84. The maximum atomic E-state index is 13.1. The highest BCUT2D eigenvalue weighted by atomic mass is 35.5. The molecule has 2 aromatic rings. The number of hydrogen-bond acceptors (Lipinski definition) is 2. The Morgan fingerprint density at radius 1 is 1.19 bits per heavy atom. The van der Waals surface area contributed by atoms with Gasteiger partial charge in [0.2, 0.25) is 0 Å². The first kappa shape index (κ1) is 15.2. The topological polar surface area (TPSA) is 41.5 Å². The maximum absolute atomic E-state index is 13.1. The van der Waals surface area contributed by atoms with Crippen molar-refractivity contribution in [3.05, 3.63) is 70.5 Å². The Morgan fingerprint density at radius 3 is 2.52 bits per heavy atom. The molecule has 0 atom stereocenters. The van der Waals surface area contributed by atoms with E-state index < -0.39 is 11.7 Å². The molecule has 0 spiro atoms. The van der Waals surface area contributed by atoms with E-state index in [-0.39, 0.29) is 5.56 Å². The second-order valence-electron chi connectivity index (χ2n) is 4.37. The van der Waals surface area contributed by atoms with Crippen molar-refractivity contribution in [2.45, 2.75) is 13.3 Å². The van der Waals surface area contributed by atoms with Gasteiger partial charge >= 0.3 is 0 Å². The number of hydrogen-bond donors (Lipinski definition) is 1. The van der Waals surface area contributed by atoms with E-state index in [9.17, 15) is 9.18 Å². The van der Waals surface area contributed by atoms with Crippen LogP contribution >= 0.6 is 11.6 Å². The van der Waals surface area contributed by atoms with Gasteiger partial charge in [-0.1, -0.05) is 36.7 Å². The van der Waals surface area contributed by atoms with Gasteiger partial charge in [-0.2, -0.15) is 5.10 Å². The molecular formula is C16H14ClFN2O. The summed E-state index contributed by atoms with van der Waals surface area (Å²) in [6.07, 6.45) is 0.644. The van der Waals surface area contributed by atoms with Crippen molar-refractivity contribution in [2.24, 2.45) is 5.10 Å². The zero-order valence-corrected chi connectivity index (χ0v) is 12.2. The molecule has 0 bridgehead atoms. The Morgan fingerprint density at radius 2 is 1.90 bits per heavy atom. The molecule has 0 saturated heterocycles. The Balaban J connectivity index is 2.14. The van der Waals surface area contributed by atoms with E-state index in [4.69, 9.17) is 11.6 Å². The summed E-state index contributed by atoms with van der Waals surface area (Å²) in [5.41, 5.74) is 4.26. The van der Waals surface area contributed by atoms with Crippen LogP contribution in [-0.4, -0.2) is 11.6 Å². The molecule has 0 unspecified atom stereocenters. The number of nitrogens with one attached hydrogen (secondary N) is 1. The molecule has 0 heterocycles. The summed E-state index contributed by atoms with van der Waals surface area (Å²) in [6.45, 7) is 1.93. The first-order valence-corrected chi connectivity index (χ1v) is 6.86. The minimum Gasteiger partial charge on any atom is -0.267 e. The van der Waals surface area contributed by atoms with Crippen molar-refractivity contribution in [1.29, 1.82) is 0 Å². The Labute approximate surface area is 127 Å². The SMILES string of the molecule is CCC(=NNC(=O)c1cccc(F)c1)c1ccc(Cl)cc1. The molecule has 2 aromatic carbocycles. The van der Waals surface area contributed by atoms with Gasteiger partial charge in [0.05, 0.1) is 5.71 Å². The monoisotopic (exact) mass is 304 g/mol. The number of nitrogens with zero attached hydrogens (tertiary/aromatic N) is 1. The van der Waals surface area contributed by atoms with Crippen LogP contribution in [0.15, 0.2) is 53.6 Å². The summed E-state index contributed by atoms with van der Waals surface area (Å²) in [5.74, 6) is -0.908. The van der Waals surface area contributed by atoms with Crippen LogP contribution in [0.5, 0.6) is 0 Å². The van der Waals surface area contributed by atoms with Gasteiger partial charge in [-0.15, -0.1) is 0 Å². The molecule has 108 valence electrons. The van der Waals surface area contributed by atoms with Gasteiger partial charge in [0, 0.05) is 10.6 Å². The lowest BCUT2D eigenvalue weighted by molar-refractivity contribution is 0.0954. The normalized spacial score (nSPS) is 11.3. The molecule has 3 nitrogen and oxygen atoms in total.